The van der Waals surface area contributed by atoms with Crippen LogP contribution in [0, 0.1) is 0 Å². The first-order valence-corrected chi connectivity index (χ1v) is 24.5. The second-order valence-corrected chi connectivity index (χ2v) is 23.5. The van der Waals surface area contributed by atoms with Crippen LogP contribution < -0.4 is 14.8 Å². The fourth-order valence-corrected chi connectivity index (χ4v) is 15.2. The normalized spacial score (nSPS) is 17.4. The van der Waals surface area contributed by atoms with Crippen LogP contribution in [0.4, 0.5) is 5.82 Å². The van der Waals surface area contributed by atoms with Crippen molar-refractivity contribution < 1.29 is 28.2 Å². The fraction of sp³-hybridized carbons (Fsp3) is 0.412. The minimum atomic E-state index is -2.44. The van der Waals surface area contributed by atoms with Crippen molar-refractivity contribution in [2.45, 2.75) is 95.5 Å². The maximum atomic E-state index is 13.3. The molecule has 0 spiro atoms. The zero-order chi connectivity index (χ0) is 45.6. The SMILES string of the molecule is COc1ccc(C(OC[C@]2(CO[Si](C(C)C)(C(C)C)C(C)C)CN(C(C)C)C[C@H](n3cnc4c(NC(=O)c5ccccc5)ncnc43)O2)(c2ccccc2)c2ccc(OC)cc2)cc1. The number of hydrogen-bond acceptors (Lipinski definition) is 10. The Morgan fingerprint density at radius 2 is 1.30 bits per heavy atom. The van der Waals surface area contributed by atoms with E-state index in [4.69, 9.17) is 33.3 Å². The summed E-state index contributed by atoms with van der Waals surface area (Å²) >= 11 is 0. The van der Waals surface area contributed by atoms with Gasteiger partial charge < -0.3 is 28.7 Å². The number of aromatic nitrogens is 4. The lowest BCUT2D eigenvalue weighted by atomic mass is 9.79. The molecule has 3 heterocycles. The molecule has 0 unspecified atom stereocenters. The summed E-state index contributed by atoms with van der Waals surface area (Å²) < 4.78 is 36.1. The van der Waals surface area contributed by atoms with E-state index in [1.54, 1.807) is 32.7 Å². The average molecular weight is 885 g/mol. The molecule has 1 amide bonds. The number of anilines is 1. The molecule has 1 N–H and O–H groups in total. The first-order chi connectivity index (χ1) is 30.8. The highest BCUT2D eigenvalue weighted by molar-refractivity contribution is 6.77. The number of nitrogens with zero attached hydrogens (tertiary/aromatic N) is 5. The van der Waals surface area contributed by atoms with Crippen LogP contribution >= 0.6 is 0 Å². The van der Waals surface area contributed by atoms with E-state index in [0.717, 1.165) is 28.2 Å². The lowest BCUT2D eigenvalue weighted by Gasteiger charge is -2.51. The summed E-state index contributed by atoms with van der Waals surface area (Å²) in [7, 11) is 0.905. The van der Waals surface area contributed by atoms with Gasteiger partial charge >= 0.3 is 0 Å². The predicted molar refractivity (Wildman–Crippen MR) is 255 cm³/mol. The van der Waals surface area contributed by atoms with Crippen LogP contribution in [-0.4, -0.2) is 90.8 Å². The third-order valence-corrected chi connectivity index (χ3v) is 19.0. The number of carbonyl (C=O) groups excluding carboxylic acids is 1. The van der Waals surface area contributed by atoms with Gasteiger partial charge in [-0.25, -0.2) is 15.0 Å². The Kier molecular flexibility index (Phi) is 14.4. The van der Waals surface area contributed by atoms with E-state index >= 15 is 0 Å². The molecule has 13 heteroatoms. The van der Waals surface area contributed by atoms with Gasteiger partial charge in [-0.05, 0) is 83.6 Å². The third kappa shape index (κ3) is 9.23. The molecule has 0 radical (unpaired) electrons. The van der Waals surface area contributed by atoms with Gasteiger partial charge in [0, 0.05) is 24.7 Å². The molecule has 7 rings (SSSR count). The number of amides is 1. The van der Waals surface area contributed by atoms with Crippen LogP contribution in [0.5, 0.6) is 11.5 Å². The molecule has 2 atom stereocenters. The molecule has 1 aliphatic heterocycles. The summed E-state index contributed by atoms with van der Waals surface area (Å²) in [5.74, 6) is 1.52. The summed E-state index contributed by atoms with van der Waals surface area (Å²) in [6.07, 6.45) is 2.62. The molecular weight excluding hydrogens is 821 g/mol. The number of methoxy groups -OCH3 is 2. The van der Waals surface area contributed by atoms with Crippen LogP contribution in [0.3, 0.4) is 0 Å². The van der Waals surface area contributed by atoms with Gasteiger partial charge in [0.2, 0.25) is 0 Å². The van der Waals surface area contributed by atoms with Crippen LogP contribution in [0.2, 0.25) is 16.6 Å². The zero-order valence-electron chi connectivity index (χ0n) is 38.9. The number of hydrogen-bond donors (Lipinski definition) is 1. The van der Waals surface area contributed by atoms with E-state index < -0.39 is 25.7 Å². The number of fused-ring (bicyclic) bond motifs is 1. The van der Waals surface area contributed by atoms with Crippen LogP contribution in [-0.2, 0) is 19.5 Å². The summed E-state index contributed by atoms with van der Waals surface area (Å²) in [5.41, 5.74) is 3.22. The number of rotatable bonds is 18. The van der Waals surface area contributed by atoms with Crippen molar-refractivity contribution in [1.82, 2.24) is 24.4 Å². The number of imidazole rings is 1. The lowest BCUT2D eigenvalue weighted by Crippen LogP contribution is -2.62. The Morgan fingerprint density at radius 1 is 0.750 bits per heavy atom. The van der Waals surface area contributed by atoms with Gasteiger partial charge in [-0.15, -0.1) is 0 Å². The van der Waals surface area contributed by atoms with Crippen LogP contribution in [0.25, 0.3) is 11.2 Å². The number of nitrogens with one attached hydrogen (secondary N) is 1. The van der Waals surface area contributed by atoms with E-state index in [1.165, 1.54) is 6.33 Å². The summed E-state index contributed by atoms with van der Waals surface area (Å²) in [6, 6.07) is 35.7. The Morgan fingerprint density at radius 3 is 1.83 bits per heavy atom. The molecule has 1 saturated heterocycles. The van der Waals surface area contributed by atoms with Gasteiger partial charge in [0.05, 0.1) is 33.8 Å². The lowest BCUT2D eigenvalue weighted by molar-refractivity contribution is -0.230. The molecule has 64 heavy (non-hydrogen) atoms. The molecule has 0 bridgehead atoms. The Bertz CT molecular complexity index is 2380. The fourth-order valence-electron chi connectivity index (χ4n) is 9.73. The highest BCUT2D eigenvalue weighted by atomic mass is 28.4. The Hall–Kier alpha value is -5.44. The van der Waals surface area contributed by atoms with Crippen molar-refractivity contribution in [2.75, 3.05) is 45.8 Å². The van der Waals surface area contributed by atoms with E-state index in [1.807, 2.05) is 65.2 Å². The Balaban J connectivity index is 1.37. The minimum absolute atomic E-state index is 0.139. The zero-order valence-corrected chi connectivity index (χ0v) is 39.9. The molecule has 338 valence electrons. The number of morpholine rings is 1. The van der Waals surface area contributed by atoms with E-state index in [-0.39, 0.29) is 18.6 Å². The van der Waals surface area contributed by atoms with Crippen molar-refractivity contribution in [3.8, 4) is 11.5 Å². The topological polar surface area (TPSA) is 122 Å². The van der Waals surface area contributed by atoms with Crippen LogP contribution in [0.15, 0.2) is 122 Å². The van der Waals surface area contributed by atoms with Gasteiger partial charge in [0.1, 0.15) is 35.3 Å². The quantitative estimate of drug-likeness (QED) is 0.0659. The second kappa shape index (κ2) is 19.7. The first kappa shape index (κ1) is 46.5. The average Bonchev–Trinajstić information content (AvgIpc) is 3.75. The van der Waals surface area contributed by atoms with Crippen molar-refractivity contribution in [3.05, 3.63) is 144 Å². The number of ether oxygens (including phenoxy) is 4. The summed E-state index contributed by atoms with van der Waals surface area (Å²) in [6.45, 7) is 19.8. The smallest absolute Gasteiger partial charge is 0.256 e. The summed E-state index contributed by atoms with van der Waals surface area (Å²) in [5, 5.41) is 2.96. The van der Waals surface area contributed by atoms with Gasteiger partial charge in [-0.2, -0.15) is 0 Å². The molecule has 2 aromatic heterocycles. The molecule has 0 aliphatic carbocycles. The van der Waals surface area contributed by atoms with Gasteiger partial charge in [0.25, 0.3) is 5.91 Å². The number of benzene rings is 4. The second-order valence-electron chi connectivity index (χ2n) is 18.0. The van der Waals surface area contributed by atoms with Gasteiger partial charge in [0.15, 0.2) is 25.3 Å². The van der Waals surface area contributed by atoms with Gasteiger partial charge in [-0.1, -0.05) is 114 Å². The molecule has 12 nitrogen and oxygen atoms in total. The van der Waals surface area contributed by atoms with Crippen LogP contribution in [0.1, 0.15) is 88.7 Å². The highest BCUT2D eigenvalue weighted by Gasteiger charge is 2.51. The molecular formula is C51H64N6O6Si. The highest BCUT2D eigenvalue weighted by Crippen LogP contribution is 2.46. The summed E-state index contributed by atoms with van der Waals surface area (Å²) in [4.78, 5) is 29.7. The maximum Gasteiger partial charge on any atom is 0.256 e. The Labute approximate surface area is 379 Å². The maximum absolute atomic E-state index is 13.3. The standard InChI is InChI=1S/C51H64N6O6Si/c1-35(2)56-29-45(57-34-54-46-47(52-33-53-48(46)57)55-49(58)39-17-13-11-14-18-39)63-50(30-56,32-62-64(36(3)4,37(5)6)38(7)8)31-61-51(40-19-15-12-16-20-40,41-21-25-43(59-9)26-22-41)42-23-27-44(60-10)28-24-42/h11-28,33-38,45H,29-32H2,1-10H3,(H,52,53,55,58)/t45-,50+/m1/s1. The van der Waals surface area contributed by atoms with E-state index in [2.05, 4.69) is 107 Å². The predicted octanol–water partition coefficient (Wildman–Crippen LogP) is 10.3. The largest absolute Gasteiger partial charge is 0.497 e. The van der Waals surface area contributed by atoms with Crippen molar-refractivity contribution in [3.63, 3.8) is 0 Å². The van der Waals surface area contributed by atoms with Crippen molar-refractivity contribution in [1.29, 1.82) is 0 Å². The van der Waals surface area contributed by atoms with Gasteiger partial charge in [-0.3, -0.25) is 14.3 Å². The number of carbonyl (C=O) groups is 1. The molecule has 6 aromatic rings. The minimum Gasteiger partial charge on any atom is -0.497 e. The molecule has 1 fully saturated rings. The monoisotopic (exact) mass is 884 g/mol. The molecule has 0 saturated carbocycles. The van der Waals surface area contributed by atoms with E-state index in [0.29, 0.717) is 58.9 Å². The van der Waals surface area contributed by atoms with E-state index in [9.17, 15) is 4.79 Å². The molecule has 1 aliphatic rings. The van der Waals surface area contributed by atoms with Crippen molar-refractivity contribution >= 4 is 31.2 Å². The van der Waals surface area contributed by atoms with Crippen molar-refractivity contribution in [2.24, 2.45) is 0 Å². The molecule has 4 aromatic carbocycles. The third-order valence-electron chi connectivity index (χ3n) is 13.0. The first-order valence-electron chi connectivity index (χ1n) is 22.3.